The topological polar surface area (TPSA) is 20.2 Å². The van der Waals surface area contributed by atoms with Crippen LogP contribution in [0.25, 0.3) is 0 Å². The van der Waals surface area contributed by atoms with E-state index in [1.165, 1.54) is 0 Å². The van der Waals surface area contributed by atoms with Gasteiger partial charge in [0.05, 0.1) is 6.10 Å². The lowest BCUT2D eigenvalue weighted by molar-refractivity contribution is 0.122. The van der Waals surface area contributed by atoms with Gasteiger partial charge in [-0.05, 0) is 54.7 Å². The van der Waals surface area contributed by atoms with Crippen LogP contribution in [0.3, 0.4) is 0 Å². The maximum Gasteiger partial charge on any atom is 0.126 e. The molecule has 1 aromatic carbocycles. The highest BCUT2D eigenvalue weighted by atomic mass is 19.1. The Morgan fingerprint density at radius 3 is 2.35 bits per heavy atom. The Hall–Kier alpha value is -0.890. The van der Waals surface area contributed by atoms with Crippen LogP contribution in [0.15, 0.2) is 18.2 Å². The normalized spacial score (nSPS) is 25.2. The summed E-state index contributed by atoms with van der Waals surface area (Å²) in [4.78, 5) is 0. The summed E-state index contributed by atoms with van der Waals surface area (Å²) in [7, 11) is 0. The van der Waals surface area contributed by atoms with E-state index in [1.54, 1.807) is 6.07 Å². The van der Waals surface area contributed by atoms with Gasteiger partial charge in [-0.25, -0.2) is 4.39 Å². The molecule has 0 aliphatic heterocycles. The van der Waals surface area contributed by atoms with E-state index in [9.17, 15) is 9.50 Å². The Labute approximate surface area is 103 Å². The quantitative estimate of drug-likeness (QED) is 0.823. The number of benzene rings is 1. The van der Waals surface area contributed by atoms with E-state index in [2.05, 4.69) is 6.07 Å². The first kappa shape index (κ1) is 12.6. The Balaban J connectivity index is 2.14. The van der Waals surface area contributed by atoms with Crippen molar-refractivity contribution in [2.75, 3.05) is 0 Å². The van der Waals surface area contributed by atoms with Crippen molar-refractivity contribution < 1.29 is 9.50 Å². The molecule has 17 heavy (non-hydrogen) atoms. The average molecular weight is 236 g/mol. The molecule has 0 saturated heterocycles. The van der Waals surface area contributed by atoms with Gasteiger partial charge in [-0.1, -0.05) is 26.0 Å². The fraction of sp³-hybridized carbons (Fsp3) is 0.600. The molecule has 2 rings (SSSR count). The summed E-state index contributed by atoms with van der Waals surface area (Å²) in [5.41, 5.74) is 1.89. The number of hydrogen-bond acceptors (Lipinski definition) is 1. The highest BCUT2D eigenvalue weighted by Gasteiger charge is 2.21. The smallest absolute Gasteiger partial charge is 0.126 e. The second kappa shape index (κ2) is 5.18. The van der Waals surface area contributed by atoms with Gasteiger partial charge in [0.1, 0.15) is 5.82 Å². The van der Waals surface area contributed by atoms with Crippen molar-refractivity contribution >= 4 is 0 Å². The lowest BCUT2D eigenvalue weighted by atomic mass is 9.82. The second-order valence-electron chi connectivity index (χ2n) is 5.44. The molecule has 0 aromatic heterocycles. The molecule has 1 aromatic rings. The molecule has 1 saturated carbocycles. The highest BCUT2D eigenvalue weighted by molar-refractivity contribution is 5.29. The zero-order chi connectivity index (χ0) is 12.4. The first-order valence-corrected chi connectivity index (χ1v) is 6.55. The lowest BCUT2D eigenvalue weighted by Gasteiger charge is -2.26. The zero-order valence-electron chi connectivity index (χ0n) is 10.6. The van der Waals surface area contributed by atoms with Crippen molar-refractivity contribution in [1.82, 2.24) is 0 Å². The van der Waals surface area contributed by atoms with Crippen LogP contribution in [-0.2, 0) is 0 Å². The molecule has 1 aliphatic carbocycles. The summed E-state index contributed by atoms with van der Waals surface area (Å²) in [5, 5.41) is 9.47. The SMILES string of the molecule is CC(C)c1ccc(C2CCC(O)CC2)cc1F. The molecule has 0 heterocycles. The standard InChI is InChI=1S/C15H21FO/c1-10(2)14-8-5-12(9-15(14)16)11-3-6-13(17)7-4-11/h5,8-11,13,17H,3-4,6-7H2,1-2H3. The number of halogens is 1. The van der Waals surface area contributed by atoms with Gasteiger partial charge < -0.3 is 5.11 Å². The predicted octanol–water partition coefficient (Wildman–Crippen LogP) is 3.97. The first-order valence-electron chi connectivity index (χ1n) is 6.55. The Kier molecular flexibility index (Phi) is 3.82. The fourth-order valence-corrected chi connectivity index (χ4v) is 2.67. The van der Waals surface area contributed by atoms with Gasteiger partial charge in [0.2, 0.25) is 0 Å². The van der Waals surface area contributed by atoms with Gasteiger partial charge in [0.25, 0.3) is 0 Å². The summed E-state index contributed by atoms with van der Waals surface area (Å²) >= 11 is 0. The van der Waals surface area contributed by atoms with Gasteiger partial charge in [0, 0.05) is 0 Å². The molecule has 0 atom stereocenters. The van der Waals surface area contributed by atoms with Crippen LogP contribution in [0.4, 0.5) is 4.39 Å². The first-order chi connectivity index (χ1) is 8.08. The number of aliphatic hydroxyl groups excluding tert-OH is 1. The molecule has 94 valence electrons. The molecule has 1 nitrogen and oxygen atoms in total. The van der Waals surface area contributed by atoms with Crippen molar-refractivity contribution in [1.29, 1.82) is 0 Å². The van der Waals surface area contributed by atoms with Crippen molar-refractivity contribution in [3.8, 4) is 0 Å². The maximum absolute atomic E-state index is 13.9. The molecule has 0 amide bonds. The Morgan fingerprint density at radius 1 is 1.18 bits per heavy atom. The van der Waals surface area contributed by atoms with Gasteiger partial charge in [-0.3, -0.25) is 0 Å². The minimum absolute atomic E-state index is 0.0800. The molecule has 0 radical (unpaired) electrons. The van der Waals surface area contributed by atoms with E-state index in [1.807, 2.05) is 19.9 Å². The Bertz CT molecular complexity index is 379. The molecule has 1 fully saturated rings. The lowest BCUT2D eigenvalue weighted by Crippen LogP contribution is -2.17. The van der Waals surface area contributed by atoms with Crippen LogP contribution in [0, 0.1) is 5.82 Å². The van der Waals surface area contributed by atoms with Crippen molar-refractivity contribution in [3.63, 3.8) is 0 Å². The van der Waals surface area contributed by atoms with Gasteiger partial charge in [-0.2, -0.15) is 0 Å². The summed E-state index contributed by atoms with van der Waals surface area (Å²) in [5.74, 6) is 0.579. The largest absolute Gasteiger partial charge is 0.393 e. The van der Waals surface area contributed by atoms with Gasteiger partial charge in [0.15, 0.2) is 0 Å². The molecule has 0 spiro atoms. The van der Waals surface area contributed by atoms with E-state index in [0.29, 0.717) is 5.92 Å². The van der Waals surface area contributed by atoms with Crippen molar-refractivity contribution in [2.45, 2.75) is 57.5 Å². The summed E-state index contributed by atoms with van der Waals surface area (Å²) < 4.78 is 13.9. The van der Waals surface area contributed by atoms with E-state index in [4.69, 9.17) is 0 Å². The third-order valence-electron chi connectivity index (χ3n) is 3.81. The molecule has 1 aliphatic rings. The van der Waals surface area contributed by atoms with Crippen LogP contribution in [0.5, 0.6) is 0 Å². The van der Waals surface area contributed by atoms with Gasteiger partial charge >= 0.3 is 0 Å². The number of hydrogen-bond donors (Lipinski definition) is 1. The van der Waals surface area contributed by atoms with Gasteiger partial charge in [-0.15, -0.1) is 0 Å². The van der Waals surface area contributed by atoms with Crippen molar-refractivity contribution in [2.24, 2.45) is 0 Å². The highest BCUT2D eigenvalue weighted by Crippen LogP contribution is 2.34. The van der Waals surface area contributed by atoms with E-state index in [0.717, 1.165) is 36.8 Å². The van der Waals surface area contributed by atoms with Crippen LogP contribution in [-0.4, -0.2) is 11.2 Å². The minimum Gasteiger partial charge on any atom is -0.393 e. The number of aliphatic hydroxyl groups is 1. The second-order valence-corrected chi connectivity index (χ2v) is 5.44. The third-order valence-corrected chi connectivity index (χ3v) is 3.81. The summed E-state index contributed by atoms with van der Waals surface area (Å²) in [6.45, 7) is 4.02. The van der Waals surface area contributed by atoms with Crippen molar-refractivity contribution in [3.05, 3.63) is 35.1 Å². The van der Waals surface area contributed by atoms with Crippen LogP contribution >= 0.6 is 0 Å². The molecule has 0 bridgehead atoms. The Morgan fingerprint density at radius 2 is 1.82 bits per heavy atom. The number of rotatable bonds is 2. The van der Waals surface area contributed by atoms with Crippen LogP contribution in [0.1, 0.15) is 62.5 Å². The zero-order valence-corrected chi connectivity index (χ0v) is 10.6. The van der Waals surface area contributed by atoms with E-state index in [-0.39, 0.29) is 17.8 Å². The summed E-state index contributed by atoms with van der Waals surface area (Å²) in [6.07, 6.45) is 3.49. The molecule has 0 unspecified atom stereocenters. The molecule has 1 N–H and O–H groups in total. The predicted molar refractivity (Wildman–Crippen MR) is 67.7 cm³/mol. The third kappa shape index (κ3) is 2.86. The summed E-state index contributed by atoms with van der Waals surface area (Å²) in [6, 6.07) is 5.67. The molecular formula is C15H21FO. The van der Waals surface area contributed by atoms with E-state index < -0.39 is 0 Å². The van der Waals surface area contributed by atoms with E-state index >= 15 is 0 Å². The molecule has 2 heteroatoms. The van der Waals surface area contributed by atoms with Crippen LogP contribution < -0.4 is 0 Å². The minimum atomic E-state index is -0.147. The monoisotopic (exact) mass is 236 g/mol. The average Bonchev–Trinajstić information content (AvgIpc) is 2.29. The fourth-order valence-electron chi connectivity index (χ4n) is 2.67. The van der Waals surface area contributed by atoms with Crippen LogP contribution in [0.2, 0.25) is 0 Å². The maximum atomic E-state index is 13.9. The molecular weight excluding hydrogens is 215 g/mol.